The van der Waals surface area contributed by atoms with Crippen LogP contribution in [0.15, 0.2) is 0 Å². The fourth-order valence-corrected chi connectivity index (χ4v) is 1.67. The molecule has 2 heteroatoms. The quantitative estimate of drug-likeness (QED) is 0.601. The summed E-state index contributed by atoms with van der Waals surface area (Å²) >= 11 is 5.69. The van der Waals surface area contributed by atoms with Gasteiger partial charge in [-0.3, -0.25) is 0 Å². The first-order valence-electron chi connectivity index (χ1n) is 4.39. The molecule has 0 aromatic carbocycles. The van der Waals surface area contributed by atoms with Gasteiger partial charge in [0.05, 0.1) is 6.10 Å². The summed E-state index contributed by atoms with van der Waals surface area (Å²) in [6.07, 6.45) is 2.85. The predicted octanol–water partition coefficient (Wildman–Crippen LogP) is 3.02. The molecule has 0 spiro atoms. The van der Waals surface area contributed by atoms with E-state index in [1.165, 1.54) is 12.8 Å². The van der Waals surface area contributed by atoms with Crippen molar-refractivity contribution in [2.75, 3.05) is 0 Å². The van der Waals surface area contributed by atoms with E-state index in [1.807, 2.05) is 6.92 Å². The van der Waals surface area contributed by atoms with Gasteiger partial charge in [-0.05, 0) is 31.6 Å². The number of alkyl halides is 1. The normalized spacial score (nSPS) is 33.5. The predicted molar refractivity (Wildman–Crippen MR) is 47.8 cm³/mol. The first kappa shape index (κ1) is 9.34. The Morgan fingerprint density at radius 1 is 1.27 bits per heavy atom. The summed E-state index contributed by atoms with van der Waals surface area (Å²) in [6, 6.07) is 0. The summed E-state index contributed by atoms with van der Waals surface area (Å²) in [7, 11) is 0. The van der Waals surface area contributed by atoms with Crippen molar-refractivity contribution in [2.45, 2.75) is 45.3 Å². The molecule has 1 fully saturated rings. The number of hydrogen-bond acceptors (Lipinski definition) is 1. The molecule has 0 aromatic heterocycles. The number of ether oxygens (including phenoxy) is 1. The minimum Gasteiger partial charge on any atom is -0.360 e. The number of rotatable bonds is 3. The fraction of sp³-hybridized carbons (Fsp3) is 1.00. The highest BCUT2D eigenvalue weighted by molar-refractivity contribution is 6.19. The zero-order valence-electron chi connectivity index (χ0n) is 7.51. The van der Waals surface area contributed by atoms with Crippen molar-refractivity contribution in [3.05, 3.63) is 0 Å². The van der Waals surface area contributed by atoms with Crippen molar-refractivity contribution >= 4 is 11.6 Å². The first-order chi connectivity index (χ1) is 5.09. The molecule has 0 radical (unpaired) electrons. The second-order valence-electron chi connectivity index (χ2n) is 3.78. The first-order valence-corrected chi connectivity index (χ1v) is 4.82. The Morgan fingerprint density at radius 3 is 2.18 bits per heavy atom. The number of hydrogen-bond donors (Lipinski definition) is 0. The standard InChI is InChI=1S/C9H17ClO/c1-6(2)8-4-9(5-8)11-7(3)10/h6-9H,4-5H2,1-3H3. The average molecular weight is 177 g/mol. The lowest BCUT2D eigenvalue weighted by Gasteiger charge is -2.38. The van der Waals surface area contributed by atoms with Gasteiger partial charge in [0.2, 0.25) is 0 Å². The second-order valence-corrected chi connectivity index (χ2v) is 4.39. The molecule has 1 aliphatic carbocycles. The van der Waals surface area contributed by atoms with E-state index in [0.717, 1.165) is 11.8 Å². The van der Waals surface area contributed by atoms with Gasteiger partial charge >= 0.3 is 0 Å². The maximum atomic E-state index is 5.69. The molecule has 1 nitrogen and oxygen atoms in total. The molecule has 0 N–H and O–H groups in total. The summed E-state index contributed by atoms with van der Waals surface area (Å²) in [5.41, 5.74) is -0.117. The smallest absolute Gasteiger partial charge is 0.128 e. The van der Waals surface area contributed by atoms with Crippen LogP contribution in [0, 0.1) is 11.8 Å². The summed E-state index contributed by atoms with van der Waals surface area (Å²) in [6.45, 7) is 6.42. The molecule has 11 heavy (non-hydrogen) atoms. The Bertz CT molecular complexity index is 117. The lowest BCUT2D eigenvalue weighted by molar-refractivity contribution is -0.0518. The van der Waals surface area contributed by atoms with Crippen LogP contribution in [0.5, 0.6) is 0 Å². The molecule has 0 bridgehead atoms. The van der Waals surface area contributed by atoms with Crippen molar-refractivity contribution in [3.63, 3.8) is 0 Å². The Balaban J connectivity index is 2.09. The third-order valence-corrected chi connectivity index (χ3v) is 2.56. The summed E-state index contributed by atoms with van der Waals surface area (Å²) in [5, 5.41) is 0. The van der Waals surface area contributed by atoms with Gasteiger partial charge in [0, 0.05) is 0 Å². The zero-order chi connectivity index (χ0) is 8.43. The fourth-order valence-electron chi connectivity index (χ4n) is 1.53. The third-order valence-electron chi connectivity index (χ3n) is 2.45. The van der Waals surface area contributed by atoms with Crippen LogP contribution < -0.4 is 0 Å². The SMILES string of the molecule is CC(Cl)OC1CC(C(C)C)C1. The summed E-state index contributed by atoms with van der Waals surface area (Å²) < 4.78 is 5.43. The van der Waals surface area contributed by atoms with Gasteiger partial charge in [-0.15, -0.1) is 0 Å². The van der Waals surface area contributed by atoms with Gasteiger partial charge < -0.3 is 4.74 Å². The third kappa shape index (κ3) is 2.64. The monoisotopic (exact) mass is 176 g/mol. The van der Waals surface area contributed by atoms with Gasteiger partial charge in [-0.2, -0.15) is 0 Å². The van der Waals surface area contributed by atoms with Crippen molar-refractivity contribution in [3.8, 4) is 0 Å². The minimum atomic E-state index is -0.117. The minimum absolute atomic E-state index is 0.117. The lowest BCUT2D eigenvalue weighted by atomic mass is 9.75. The van der Waals surface area contributed by atoms with Gasteiger partial charge in [0.1, 0.15) is 5.56 Å². The van der Waals surface area contributed by atoms with E-state index >= 15 is 0 Å². The van der Waals surface area contributed by atoms with Crippen molar-refractivity contribution in [1.29, 1.82) is 0 Å². The Kier molecular flexibility index (Phi) is 3.20. The van der Waals surface area contributed by atoms with Crippen LogP contribution >= 0.6 is 11.6 Å². The summed E-state index contributed by atoms with van der Waals surface area (Å²) in [5.74, 6) is 1.68. The van der Waals surface area contributed by atoms with Crippen LogP contribution in [-0.2, 0) is 4.74 Å². The molecule has 1 unspecified atom stereocenters. The Labute approximate surface area is 74.1 Å². The van der Waals surface area contributed by atoms with E-state index in [1.54, 1.807) is 0 Å². The topological polar surface area (TPSA) is 9.23 Å². The molecule has 0 saturated heterocycles. The molecule has 0 amide bonds. The van der Waals surface area contributed by atoms with Crippen molar-refractivity contribution < 1.29 is 4.74 Å². The van der Waals surface area contributed by atoms with Crippen LogP contribution in [0.3, 0.4) is 0 Å². The lowest BCUT2D eigenvalue weighted by Crippen LogP contribution is -2.35. The summed E-state index contributed by atoms with van der Waals surface area (Å²) in [4.78, 5) is 0. The molecule has 0 aliphatic heterocycles. The highest BCUT2D eigenvalue weighted by Gasteiger charge is 2.32. The molecule has 0 aromatic rings. The molecular weight excluding hydrogens is 160 g/mol. The molecule has 1 rings (SSSR count). The molecule has 1 atom stereocenters. The molecule has 1 saturated carbocycles. The van der Waals surface area contributed by atoms with Crippen LogP contribution in [0.25, 0.3) is 0 Å². The van der Waals surface area contributed by atoms with Crippen LogP contribution in [0.4, 0.5) is 0 Å². The van der Waals surface area contributed by atoms with E-state index in [2.05, 4.69) is 13.8 Å². The van der Waals surface area contributed by atoms with Crippen LogP contribution in [0.2, 0.25) is 0 Å². The Morgan fingerprint density at radius 2 is 1.82 bits per heavy atom. The van der Waals surface area contributed by atoms with Crippen molar-refractivity contribution in [2.24, 2.45) is 11.8 Å². The van der Waals surface area contributed by atoms with E-state index in [-0.39, 0.29) is 5.56 Å². The van der Waals surface area contributed by atoms with E-state index in [4.69, 9.17) is 16.3 Å². The molecule has 0 heterocycles. The van der Waals surface area contributed by atoms with E-state index in [9.17, 15) is 0 Å². The molecule has 66 valence electrons. The van der Waals surface area contributed by atoms with Crippen LogP contribution in [-0.4, -0.2) is 11.7 Å². The van der Waals surface area contributed by atoms with Gasteiger partial charge in [0.15, 0.2) is 0 Å². The average Bonchev–Trinajstić information content (AvgIpc) is 1.75. The maximum Gasteiger partial charge on any atom is 0.128 e. The van der Waals surface area contributed by atoms with E-state index in [0.29, 0.717) is 6.10 Å². The largest absolute Gasteiger partial charge is 0.360 e. The van der Waals surface area contributed by atoms with Gasteiger partial charge in [-0.1, -0.05) is 25.4 Å². The Hall–Kier alpha value is 0.250. The van der Waals surface area contributed by atoms with E-state index < -0.39 is 0 Å². The van der Waals surface area contributed by atoms with Gasteiger partial charge in [-0.25, -0.2) is 0 Å². The van der Waals surface area contributed by atoms with Crippen LogP contribution in [0.1, 0.15) is 33.6 Å². The number of halogens is 1. The highest BCUT2D eigenvalue weighted by atomic mass is 35.5. The van der Waals surface area contributed by atoms with Gasteiger partial charge in [0.25, 0.3) is 0 Å². The maximum absolute atomic E-state index is 5.69. The molecular formula is C9H17ClO. The van der Waals surface area contributed by atoms with Crippen molar-refractivity contribution in [1.82, 2.24) is 0 Å². The second kappa shape index (κ2) is 3.77. The highest BCUT2D eigenvalue weighted by Crippen LogP contribution is 2.36. The zero-order valence-corrected chi connectivity index (χ0v) is 8.27. The molecule has 1 aliphatic rings.